The fourth-order valence-corrected chi connectivity index (χ4v) is 2.02. The minimum absolute atomic E-state index is 0.223. The van der Waals surface area contributed by atoms with Crippen molar-refractivity contribution >= 4 is 15.9 Å². The van der Waals surface area contributed by atoms with Crippen LogP contribution in [0.15, 0.2) is 35.3 Å². The van der Waals surface area contributed by atoms with Crippen LogP contribution >= 0.6 is 15.9 Å². The molecule has 18 heavy (non-hydrogen) atoms. The maximum atomic E-state index is 13.1. The Labute approximate surface area is 113 Å². The van der Waals surface area contributed by atoms with Crippen LogP contribution in [-0.4, -0.2) is 20.8 Å². The molecular weight excluding hydrogens is 299 g/mol. The summed E-state index contributed by atoms with van der Waals surface area (Å²) in [5.74, 6) is -0.223. The molecule has 0 aliphatic rings. The van der Waals surface area contributed by atoms with Crippen molar-refractivity contribution in [2.75, 3.05) is 0 Å². The highest BCUT2D eigenvalue weighted by molar-refractivity contribution is 9.10. The number of halogens is 2. The summed E-state index contributed by atoms with van der Waals surface area (Å²) in [6, 6.07) is 4.90. The lowest BCUT2D eigenvalue weighted by Gasteiger charge is -2.14. The van der Waals surface area contributed by atoms with E-state index in [0.29, 0.717) is 6.54 Å². The average molecular weight is 313 g/mol. The maximum Gasteiger partial charge on any atom is 0.137 e. The molecule has 0 aliphatic carbocycles. The molecule has 0 amide bonds. The van der Waals surface area contributed by atoms with Gasteiger partial charge in [-0.3, -0.25) is 4.68 Å². The fourth-order valence-electron chi connectivity index (χ4n) is 1.64. The Bertz CT molecular complexity index is 501. The van der Waals surface area contributed by atoms with Crippen molar-refractivity contribution in [1.29, 1.82) is 0 Å². The SMILES string of the molecule is C[C@@H](Cn1cncn1)NCc1cc(F)ccc1Br. The first kappa shape index (κ1) is 13.2. The van der Waals surface area contributed by atoms with E-state index in [1.165, 1.54) is 18.5 Å². The molecule has 0 aliphatic heterocycles. The molecule has 1 heterocycles. The highest BCUT2D eigenvalue weighted by atomic mass is 79.9. The molecule has 0 spiro atoms. The van der Waals surface area contributed by atoms with Crippen LogP contribution < -0.4 is 5.32 Å². The van der Waals surface area contributed by atoms with Crippen LogP contribution in [0.2, 0.25) is 0 Å². The van der Waals surface area contributed by atoms with E-state index in [1.54, 1.807) is 17.1 Å². The smallest absolute Gasteiger partial charge is 0.137 e. The van der Waals surface area contributed by atoms with Crippen molar-refractivity contribution < 1.29 is 4.39 Å². The Kier molecular flexibility index (Phi) is 4.43. The predicted molar refractivity (Wildman–Crippen MR) is 70.4 cm³/mol. The van der Waals surface area contributed by atoms with Gasteiger partial charge in [-0.1, -0.05) is 15.9 Å². The summed E-state index contributed by atoms with van der Waals surface area (Å²) >= 11 is 3.41. The summed E-state index contributed by atoms with van der Waals surface area (Å²) in [4.78, 5) is 3.89. The first-order valence-electron chi connectivity index (χ1n) is 5.65. The molecule has 2 aromatic rings. The summed E-state index contributed by atoms with van der Waals surface area (Å²) in [6.45, 7) is 3.38. The number of hydrogen-bond acceptors (Lipinski definition) is 3. The van der Waals surface area contributed by atoms with Crippen molar-refractivity contribution in [2.24, 2.45) is 0 Å². The van der Waals surface area contributed by atoms with Crippen LogP contribution in [0.4, 0.5) is 4.39 Å². The standard InChI is InChI=1S/C12H14BrFN4/c1-9(6-18-8-15-7-17-18)16-5-10-4-11(14)2-3-12(10)13/h2-4,7-9,16H,5-6H2,1H3/t9-/m0/s1. The van der Waals surface area contributed by atoms with E-state index in [4.69, 9.17) is 0 Å². The predicted octanol–water partition coefficient (Wildman–Crippen LogP) is 2.36. The zero-order valence-electron chi connectivity index (χ0n) is 9.98. The van der Waals surface area contributed by atoms with Gasteiger partial charge in [0.15, 0.2) is 0 Å². The van der Waals surface area contributed by atoms with E-state index in [2.05, 4.69) is 38.3 Å². The second-order valence-electron chi connectivity index (χ2n) is 4.14. The molecule has 4 nitrogen and oxygen atoms in total. The van der Waals surface area contributed by atoms with Gasteiger partial charge in [0.05, 0.1) is 6.54 Å². The Balaban J connectivity index is 1.89. The quantitative estimate of drug-likeness (QED) is 0.921. The van der Waals surface area contributed by atoms with Gasteiger partial charge in [0.25, 0.3) is 0 Å². The fraction of sp³-hybridized carbons (Fsp3) is 0.333. The first-order valence-corrected chi connectivity index (χ1v) is 6.44. The van der Waals surface area contributed by atoms with Gasteiger partial charge in [-0.25, -0.2) is 9.37 Å². The molecule has 6 heteroatoms. The Morgan fingerprint density at radius 1 is 1.50 bits per heavy atom. The van der Waals surface area contributed by atoms with Gasteiger partial charge in [-0.05, 0) is 30.7 Å². The number of rotatable bonds is 5. The number of aromatic nitrogens is 3. The minimum atomic E-state index is -0.223. The van der Waals surface area contributed by atoms with Gasteiger partial charge in [0.2, 0.25) is 0 Å². The monoisotopic (exact) mass is 312 g/mol. The Morgan fingerprint density at radius 2 is 2.33 bits per heavy atom. The van der Waals surface area contributed by atoms with Crippen LogP contribution in [0.1, 0.15) is 12.5 Å². The van der Waals surface area contributed by atoms with Crippen molar-refractivity contribution in [2.45, 2.75) is 26.1 Å². The lowest BCUT2D eigenvalue weighted by atomic mass is 10.2. The van der Waals surface area contributed by atoms with Gasteiger partial charge >= 0.3 is 0 Å². The second-order valence-corrected chi connectivity index (χ2v) is 4.99. The summed E-state index contributed by atoms with van der Waals surface area (Å²) in [5.41, 5.74) is 0.903. The Morgan fingerprint density at radius 3 is 3.06 bits per heavy atom. The van der Waals surface area contributed by atoms with Crippen molar-refractivity contribution in [3.05, 3.63) is 46.7 Å². The third-order valence-corrected chi connectivity index (χ3v) is 3.35. The Hall–Kier alpha value is -1.27. The van der Waals surface area contributed by atoms with E-state index in [1.807, 2.05) is 0 Å². The average Bonchev–Trinajstić information content (AvgIpc) is 2.83. The van der Waals surface area contributed by atoms with E-state index in [9.17, 15) is 4.39 Å². The van der Waals surface area contributed by atoms with E-state index in [-0.39, 0.29) is 11.9 Å². The van der Waals surface area contributed by atoms with Gasteiger partial charge < -0.3 is 5.32 Å². The molecule has 1 aromatic heterocycles. The van der Waals surface area contributed by atoms with Crippen molar-refractivity contribution in [3.8, 4) is 0 Å². The molecule has 0 radical (unpaired) electrons. The molecule has 1 N–H and O–H groups in total. The number of benzene rings is 1. The number of nitrogens with one attached hydrogen (secondary N) is 1. The highest BCUT2D eigenvalue weighted by Crippen LogP contribution is 2.17. The lowest BCUT2D eigenvalue weighted by Crippen LogP contribution is -2.30. The maximum absolute atomic E-state index is 13.1. The van der Waals surface area contributed by atoms with Crippen molar-refractivity contribution in [1.82, 2.24) is 20.1 Å². The third kappa shape index (κ3) is 3.61. The molecular formula is C12H14BrFN4. The molecule has 96 valence electrons. The number of hydrogen-bond donors (Lipinski definition) is 1. The second kappa shape index (κ2) is 6.06. The molecule has 2 rings (SSSR count). The summed E-state index contributed by atoms with van der Waals surface area (Å²) in [6.07, 6.45) is 3.19. The van der Waals surface area contributed by atoms with Crippen LogP contribution in [0, 0.1) is 5.82 Å². The molecule has 1 aromatic carbocycles. The third-order valence-electron chi connectivity index (χ3n) is 2.58. The molecule has 0 saturated carbocycles. The van der Waals surface area contributed by atoms with Crippen molar-refractivity contribution in [3.63, 3.8) is 0 Å². The molecule has 0 fully saturated rings. The van der Waals surface area contributed by atoms with Crippen LogP contribution in [0.5, 0.6) is 0 Å². The minimum Gasteiger partial charge on any atom is -0.308 e. The van der Waals surface area contributed by atoms with Gasteiger partial charge in [0.1, 0.15) is 18.5 Å². The summed E-state index contributed by atoms with van der Waals surface area (Å²) in [5, 5.41) is 7.36. The van der Waals surface area contributed by atoms with E-state index < -0.39 is 0 Å². The highest BCUT2D eigenvalue weighted by Gasteiger charge is 2.06. The van der Waals surface area contributed by atoms with Gasteiger partial charge in [-0.2, -0.15) is 5.10 Å². The first-order chi connectivity index (χ1) is 8.65. The van der Waals surface area contributed by atoms with Crippen LogP contribution in [-0.2, 0) is 13.1 Å². The largest absolute Gasteiger partial charge is 0.308 e. The van der Waals surface area contributed by atoms with Crippen LogP contribution in [0.3, 0.4) is 0 Å². The lowest BCUT2D eigenvalue weighted by molar-refractivity contribution is 0.449. The topological polar surface area (TPSA) is 42.7 Å². The zero-order chi connectivity index (χ0) is 13.0. The number of nitrogens with zero attached hydrogens (tertiary/aromatic N) is 3. The van der Waals surface area contributed by atoms with Gasteiger partial charge in [0, 0.05) is 17.1 Å². The molecule has 0 saturated heterocycles. The summed E-state index contributed by atoms with van der Waals surface area (Å²) < 4.78 is 15.8. The normalized spacial score (nSPS) is 12.6. The van der Waals surface area contributed by atoms with Gasteiger partial charge in [-0.15, -0.1) is 0 Å². The molecule has 1 atom stereocenters. The molecule has 0 bridgehead atoms. The zero-order valence-corrected chi connectivity index (χ0v) is 11.6. The molecule has 0 unspecified atom stereocenters. The van der Waals surface area contributed by atoms with Crippen LogP contribution in [0.25, 0.3) is 0 Å². The van der Waals surface area contributed by atoms with E-state index in [0.717, 1.165) is 16.6 Å². The van der Waals surface area contributed by atoms with E-state index >= 15 is 0 Å². The summed E-state index contributed by atoms with van der Waals surface area (Å²) in [7, 11) is 0.